The number of amides is 3. The molecule has 1 aromatic rings. The van der Waals surface area contributed by atoms with Gasteiger partial charge in [-0.2, -0.15) is 0 Å². The molecule has 0 spiro atoms. The van der Waals surface area contributed by atoms with E-state index in [0.29, 0.717) is 17.8 Å². The smallest absolute Gasteiger partial charge is 0.243 e. The monoisotopic (exact) mass is 322 g/mol. The van der Waals surface area contributed by atoms with Crippen molar-refractivity contribution in [2.24, 2.45) is 0 Å². The lowest BCUT2D eigenvalue weighted by Gasteiger charge is -2.23. The van der Waals surface area contributed by atoms with Crippen LogP contribution < -0.4 is 21.3 Å². The van der Waals surface area contributed by atoms with Crippen molar-refractivity contribution in [1.82, 2.24) is 16.0 Å². The van der Waals surface area contributed by atoms with Gasteiger partial charge in [-0.05, 0) is 30.7 Å². The normalized spacial score (nSPS) is 17.3. The second-order valence-electron chi connectivity index (χ2n) is 5.30. The number of carbonyl (C=O) groups is 3. The standard InChI is InChI=1S/C15H19FN4O3/c1-9-6-10(2-3-11(9)16)19-13(21)4-5-18-15(23)12-7-17-8-14(22)20-12/h2-3,6,12,17H,4-5,7-8H2,1H3,(H,18,23)(H,19,21)(H,20,22)/t12-/m1/s1. The van der Waals surface area contributed by atoms with E-state index in [9.17, 15) is 18.8 Å². The molecule has 1 saturated heterocycles. The molecule has 1 fully saturated rings. The Balaban J connectivity index is 1.72. The van der Waals surface area contributed by atoms with Gasteiger partial charge in [-0.3, -0.25) is 14.4 Å². The van der Waals surface area contributed by atoms with Crippen molar-refractivity contribution in [3.8, 4) is 0 Å². The minimum absolute atomic E-state index is 0.0796. The molecule has 0 unspecified atom stereocenters. The Labute approximate surface area is 133 Å². The van der Waals surface area contributed by atoms with Crippen LogP contribution in [0.4, 0.5) is 10.1 Å². The molecule has 3 amide bonds. The van der Waals surface area contributed by atoms with Gasteiger partial charge in [0, 0.05) is 25.2 Å². The van der Waals surface area contributed by atoms with Crippen LogP contribution in [0.1, 0.15) is 12.0 Å². The summed E-state index contributed by atoms with van der Waals surface area (Å²) < 4.78 is 13.1. The second-order valence-corrected chi connectivity index (χ2v) is 5.30. The zero-order valence-electron chi connectivity index (χ0n) is 12.7. The molecule has 0 aliphatic carbocycles. The third-order valence-electron chi connectivity index (χ3n) is 3.38. The van der Waals surface area contributed by atoms with E-state index < -0.39 is 6.04 Å². The maximum atomic E-state index is 13.1. The summed E-state index contributed by atoms with van der Waals surface area (Å²) in [6.07, 6.45) is 0.0796. The highest BCUT2D eigenvalue weighted by molar-refractivity contribution is 5.92. The van der Waals surface area contributed by atoms with Crippen LogP contribution in [0.5, 0.6) is 0 Å². The lowest BCUT2D eigenvalue weighted by Crippen LogP contribution is -2.58. The Morgan fingerprint density at radius 3 is 2.87 bits per heavy atom. The number of hydrogen-bond donors (Lipinski definition) is 4. The molecule has 1 aromatic carbocycles. The number of piperazine rings is 1. The van der Waals surface area contributed by atoms with Crippen LogP contribution in [0.15, 0.2) is 18.2 Å². The van der Waals surface area contributed by atoms with E-state index in [1.165, 1.54) is 18.2 Å². The molecule has 23 heavy (non-hydrogen) atoms. The minimum Gasteiger partial charge on any atom is -0.354 e. The Morgan fingerprint density at radius 2 is 2.17 bits per heavy atom. The van der Waals surface area contributed by atoms with E-state index in [1.807, 2.05) is 0 Å². The highest BCUT2D eigenvalue weighted by Gasteiger charge is 2.23. The number of carbonyl (C=O) groups excluding carboxylic acids is 3. The zero-order chi connectivity index (χ0) is 16.8. The van der Waals surface area contributed by atoms with E-state index in [0.717, 1.165) is 0 Å². The van der Waals surface area contributed by atoms with Crippen LogP contribution >= 0.6 is 0 Å². The number of rotatable bonds is 5. The fourth-order valence-electron chi connectivity index (χ4n) is 2.15. The van der Waals surface area contributed by atoms with Gasteiger partial charge in [-0.1, -0.05) is 0 Å². The average molecular weight is 322 g/mol. The molecule has 1 heterocycles. The van der Waals surface area contributed by atoms with Crippen LogP contribution in [-0.4, -0.2) is 43.4 Å². The van der Waals surface area contributed by atoms with Crippen molar-refractivity contribution in [2.45, 2.75) is 19.4 Å². The first-order valence-electron chi connectivity index (χ1n) is 7.29. The summed E-state index contributed by atoms with van der Waals surface area (Å²) in [5, 5.41) is 10.6. The van der Waals surface area contributed by atoms with Gasteiger partial charge in [-0.15, -0.1) is 0 Å². The lowest BCUT2D eigenvalue weighted by atomic mass is 10.2. The van der Waals surface area contributed by atoms with E-state index in [-0.39, 0.29) is 43.0 Å². The summed E-state index contributed by atoms with van der Waals surface area (Å²) in [4.78, 5) is 34.8. The molecule has 7 nitrogen and oxygen atoms in total. The van der Waals surface area contributed by atoms with Gasteiger partial charge < -0.3 is 21.3 Å². The largest absolute Gasteiger partial charge is 0.354 e. The topological polar surface area (TPSA) is 99.3 Å². The van der Waals surface area contributed by atoms with Gasteiger partial charge in [0.25, 0.3) is 0 Å². The van der Waals surface area contributed by atoms with Gasteiger partial charge >= 0.3 is 0 Å². The van der Waals surface area contributed by atoms with Gasteiger partial charge in [0.2, 0.25) is 17.7 Å². The van der Waals surface area contributed by atoms with Crippen LogP contribution in [0.25, 0.3) is 0 Å². The SMILES string of the molecule is Cc1cc(NC(=O)CCNC(=O)[C@H]2CNCC(=O)N2)ccc1F. The van der Waals surface area contributed by atoms with Crippen molar-refractivity contribution in [3.05, 3.63) is 29.6 Å². The summed E-state index contributed by atoms with van der Waals surface area (Å²) in [6, 6.07) is 3.67. The number of benzene rings is 1. The molecule has 1 atom stereocenters. The quantitative estimate of drug-likeness (QED) is 0.596. The predicted octanol–water partition coefficient (Wildman–Crippen LogP) is -0.333. The molecular weight excluding hydrogens is 303 g/mol. The highest BCUT2D eigenvalue weighted by Crippen LogP contribution is 2.13. The van der Waals surface area contributed by atoms with Gasteiger partial charge in [0.1, 0.15) is 11.9 Å². The minimum atomic E-state index is -0.626. The lowest BCUT2D eigenvalue weighted by molar-refractivity contribution is -0.130. The second kappa shape index (κ2) is 7.68. The Hall–Kier alpha value is -2.48. The van der Waals surface area contributed by atoms with Crippen molar-refractivity contribution >= 4 is 23.4 Å². The highest BCUT2D eigenvalue weighted by atomic mass is 19.1. The third-order valence-corrected chi connectivity index (χ3v) is 3.38. The van der Waals surface area contributed by atoms with Crippen LogP contribution in [0, 0.1) is 12.7 Å². The van der Waals surface area contributed by atoms with Gasteiger partial charge in [0.15, 0.2) is 0 Å². The van der Waals surface area contributed by atoms with Crippen molar-refractivity contribution in [2.75, 3.05) is 25.0 Å². The Morgan fingerprint density at radius 1 is 1.39 bits per heavy atom. The fourth-order valence-corrected chi connectivity index (χ4v) is 2.15. The number of aryl methyl sites for hydroxylation is 1. The Kier molecular flexibility index (Phi) is 5.64. The Bertz CT molecular complexity index is 621. The first-order chi connectivity index (χ1) is 11.0. The molecule has 1 aliphatic heterocycles. The van der Waals surface area contributed by atoms with Crippen molar-refractivity contribution in [1.29, 1.82) is 0 Å². The first kappa shape index (κ1) is 16.9. The van der Waals surface area contributed by atoms with Crippen LogP contribution in [-0.2, 0) is 14.4 Å². The molecule has 2 rings (SSSR count). The fraction of sp³-hybridized carbons (Fsp3) is 0.400. The molecule has 124 valence electrons. The van der Waals surface area contributed by atoms with Crippen molar-refractivity contribution in [3.63, 3.8) is 0 Å². The first-order valence-corrected chi connectivity index (χ1v) is 7.29. The number of anilines is 1. The van der Waals surface area contributed by atoms with Gasteiger partial charge in [-0.25, -0.2) is 4.39 Å². The molecule has 1 aliphatic rings. The molecular formula is C15H19FN4O3. The molecule has 4 N–H and O–H groups in total. The van der Waals surface area contributed by atoms with Crippen molar-refractivity contribution < 1.29 is 18.8 Å². The van der Waals surface area contributed by atoms with Gasteiger partial charge in [0.05, 0.1) is 6.54 Å². The molecule has 0 saturated carbocycles. The van der Waals surface area contributed by atoms with Crippen LogP contribution in [0.2, 0.25) is 0 Å². The van der Waals surface area contributed by atoms with E-state index >= 15 is 0 Å². The van der Waals surface area contributed by atoms with E-state index in [2.05, 4.69) is 21.3 Å². The summed E-state index contributed by atoms with van der Waals surface area (Å²) in [7, 11) is 0. The summed E-state index contributed by atoms with van der Waals surface area (Å²) in [5.41, 5.74) is 0.945. The maximum Gasteiger partial charge on any atom is 0.243 e. The summed E-state index contributed by atoms with van der Waals surface area (Å²) in [5.74, 6) is -1.20. The van der Waals surface area contributed by atoms with Crippen LogP contribution in [0.3, 0.4) is 0 Å². The average Bonchev–Trinajstić information content (AvgIpc) is 2.51. The molecule has 0 radical (unpaired) electrons. The molecule has 0 aromatic heterocycles. The molecule has 8 heteroatoms. The maximum absolute atomic E-state index is 13.1. The van der Waals surface area contributed by atoms with E-state index in [4.69, 9.17) is 0 Å². The number of nitrogens with one attached hydrogen (secondary N) is 4. The number of hydrogen-bond acceptors (Lipinski definition) is 4. The van der Waals surface area contributed by atoms with E-state index in [1.54, 1.807) is 6.92 Å². The molecule has 0 bridgehead atoms. The third kappa shape index (κ3) is 5.03. The summed E-state index contributed by atoms with van der Waals surface area (Å²) in [6.45, 7) is 2.32. The predicted molar refractivity (Wildman–Crippen MR) is 82.2 cm³/mol. The zero-order valence-corrected chi connectivity index (χ0v) is 12.7. The summed E-state index contributed by atoms with van der Waals surface area (Å²) >= 11 is 0. The number of halogens is 1.